The number of aliphatic carboxylic acids is 1. The van der Waals surface area contributed by atoms with Gasteiger partial charge in [0.2, 0.25) is 0 Å². The van der Waals surface area contributed by atoms with Crippen LogP contribution in [-0.2, 0) is 11.3 Å². The molecule has 4 heteroatoms. The van der Waals surface area contributed by atoms with Crippen LogP contribution < -0.4 is 4.74 Å². The van der Waals surface area contributed by atoms with Gasteiger partial charge in [-0.25, -0.2) is 0 Å². The van der Waals surface area contributed by atoms with Crippen LogP contribution in [0.5, 0.6) is 5.75 Å². The predicted octanol–water partition coefficient (Wildman–Crippen LogP) is 2.77. The highest BCUT2D eigenvalue weighted by Gasteiger charge is 2.07. The smallest absolute Gasteiger partial charge is 0.304 e. The molecular weight excluding hydrogens is 242 g/mol. The molecule has 0 aliphatic carbocycles. The number of carboxylic acids is 1. The van der Waals surface area contributed by atoms with Crippen LogP contribution in [0.25, 0.3) is 0 Å². The van der Waals surface area contributed by atoms with Crippen molar-refractivity contribution >= 4 is 5.97 Å². The van der Waals surface area contributed by atoms with Crippen molar-refractivity contribution in [3.8, 4) is 5.75 Å². The molecule has 0 heterocycles. The van der Waals surface area contributed by atoms with Crippen LogP contribution in [0.15, 0.2) is 24.3 Å². The molecule has 0 saturated carbocycles. The van der Waals surface area contributed by atoms with Gasteiger partial charge in [0.25, 0.3) is 0 Å². The molecule has 0 spiro atoms. The van der Waals surface area contributed by atoms with E-state index in [1.54, 1.807) is 0 Å². The fraction of sp³-hybridized carbons (Fsp3) is 0.533. The zero-order valence-electron chi connectivity index (χ0n) is 11.8. The summed E-state index contributed by atoms with van der Waals surface area (Å²) in [6, 6.07) is 8.00. The van der Waals surface area contributed by atoms with Crippen LogP contribution in [0.2, 0.25) is 0 Å². The number of carboxylic acid groups (broad SMARTS) is 1. The molecule has 0 radical (unpaired) electrons. The maximum absolute atomic E-state index is 10.6. The molecule has 4 nitrogen and oxygen atoms in total. The van der Waals surface area contributed by atoms with Gasteiger partial charge in [0.15, 0.2) is 0 Å². The number of hydrogen-bond donors (Lipinski definition) is 1. The largest absolute Gasteiger partial charge is 0.494 e. The van der Waals surface area contributed by atoms with Gasteiger partial charge in [-0.3, -0.25) is 9.69 Å². The molecule has 1 aromatic rings. The van der Waals surface area contributed by atoms with Crippen molar-refractivity contribution < 1.29 is 14.6 Å². The van der Waals surface area contributed by atoms with Gasteiger partial charge < -0.3 is 9.84 Å². The lowest BCUT2D eigenvalue weighted by Crippen LogP contribution is -2.25. The second-order valence-electron chi connectivity index (χ2n) is 4.51. The third kappa shape index (κ3) is 6.25. The highest BCUT2D eigenvalue weighted by atomic mass is 16.5. The molecular formula is C15H23NO3. The molecule has 1 rings (SSSR count). The average Bonchev–Trinajstić information content (AvgIpc) is 2.41. The highest BCUT2D eigenvalue weighted by Crippen LogP contribution is 2.15. The van der Waals surface area contributed by atoms with Crippen LogP contribution in [0.4, 0.5) is 0 Å². The second-order valence-corrected chi connectivity index (χ2v) is 4.51. The molecule has 0 amide bonds. The fourth-order valence-electron chi connectivity index (χ4n) is 1.81. The van der Waals surface area contributed by atoms with Crippen LogP contribution in [0.3, 0.4) is 0 Å². The number of benzene rings is 1. The Hall–Kier alpha value is -1.55. The van der Waals surface area contributed by atoms with Crippen molar-refractivity contribution in [2.75, 3.05) is 19.7 Å². The molecule has 0 fully saturated rings. The van der Waals surface area contributed by atoms with E-state index < -0.39 is 5.97 Å². The summed E-state index contributed by atoms with van der Waals surface area (Å²) in [5, 5.41) is 8.72. The van der Waals surface area contributed by atoms with E-state index >= 15 is 0 Å². The predicted molar refractivity (Wildman–Crippen MR) is 75.4 cm³/mol. The van der Waals surface area contributed by atoms with Crippen molar-refractivity contribution in [2.45, 2.75) is 33.2 Å². The third-order valence-corrected chi connectivity index (χ3v) is 2.87. The van der Waals surface area contributed by atoms with Crippen molar-refractivity contribution in [2.24, 2.45) is 0 Å². The number of nitrogens with zero attached hydrogens (tertiary/aromatic N) is 1. The third-order valence-electron chi connectivity index (χ3n) is 2.87. The lowest BCUT2D eigenvalue weighted by Gasteiger charge is -2.19. The number of ether oxygens (including phenoxy) is 1. The molecule has 1 aromatic carbocycles. The number of hydrogen-bond acceptors (Lipinski definition) is 3. The monoisotopic (exact) mass is 265 g/mol. The van der Waals surface area contributed by atoms with Gasteiger partial charge in [-0.1, -0.05) is 26.0 Å². The standard InChI is InChI=1S/C15H23NO3/c1-3-10-19-14-7-5-6-13(11-14)12-16(4-2)9-8-15(17)18/h5-7,11H,3-4,8-10,12H2,1-2H3,(H,17,18). The Labute approximate surface area is 115 Å². The maximum Gasteiger partial charge on any atom is 0.304 e. The molecule has 0 aromatic heterocycles. The summed E-state index contributed by atoms with van der Waals surface area (Å²) in [6.07, 6.45) is 1.17. The summed E-state index contributed by atoms with van der Waals surface area (Å²) in [7, 11) is 0. The van der Waals surface area contributed by atoms with E-state index in [1.165, 1.54) is 0 Å². The first kappa shape index (κ1) is 15.5. The van der Waals surface area contributed by atoms with Gasteiger partial charge in [-0.2, -0.15) is 0 Å². The molecule has 0 aliphatic heterocycles. The SMILES string of the molecule is CCCOc1cccc(CN(CC)CCC(=O)O)c1. The van der Waals surface area contributed by atoms with E-state index in [-0.39, 0.29) is 6.42 Å². The van der Waals surface area contributed by atoms with Crippen LogP contribution in [0, 0.1) is 0 Å². The van der Waals surface area contributed by atoms with Crippen LogP contribution >= 0.6 is 0 Å². The van der Waals surface area contributed by atoms with Gasteiger partial charge in [0.1, 0.15) is 5.75 Å². The molecule has 19 heavy (non-hydrogen) atoms. The lowest BCUT2D eigenvalue weighted by atomic mass is 10.2. The first-order chi connectivity index (χ1) is 9.15. The molecule has 0 unspecified atom stereocenters. The molecule has 0 aliphatic rings. The van der Waals surface area contributed by atoms with E-state index in [0.717, 1.165) is 37.4 Å². The summed E-state index contributed by atoms with van der Waals surface area (Å²) in [5.74, 6) is 0.132. The Morgan fingerprint density at radius 3 is 2.79 bits per heavy atom. The fourth-order valence-corrected chi connectivity index (χ4v) is 1.81. The van der Waals surface area contributed by atoms with Crippen molar-refractivity contribution in [1.82, 2.24) is 4.90 Å². The maximum atomic E-state index is 10.6. The van der Waals surface area contributed by atoms with Crippen molar-refractivity contribution in [1.29, 1.82) is 0 Å². The Morgan fingerprint density at radius 1 is 1.37 bits per heavy atom. The second kappa shape index (κ2) is 8.53. The first-order valence-corrected chi connectivity index (χ1v) is 6.81. The Bertz CT molecular complexity index is 393. The van der Waals surface area contributed by atoms with Gasteiger partial charge >= 0.3 is 5.97 Å². The highest BCUT2D eigenvalue weighted by molar-refractivity contribution is 5.66. The van der Waals surface area contributed by atoms with Crippen molar-refractivity contribution in [3.63, 3.8) is 0 Å². The zero-order chi connectivity index (χ0) is 14.1. The Morgan fingerprint density at radius 2 is 2.16 bits per heavy atom. The lowest BCUT2D eigenvalue weighted by molar-refractivity contribution is -0.137. The van der Waals surface area contributed by atoms with Gasteiger partial charge in [-0.05, 0) is 30.7 Å². The average molecular weight is 265 g/mol. The number of rotatable bonds is 9. The molecule has 1 N–H and O–H groups in total. The Kier molecular flexibility index (Phi) is 6.97. The molecule has 0 atom stereocenters. The summed E-state index contributed by atoms with van der Waals surface area (Å²) in [6.45, 7) is 7.01. The van der Waals surface area contributed by atoms with E-state index in [1.807, 2.05) is 31.2 Å². The quantitative estimate of drug-likeness (QED) is 0.746. The minimum atomic E-state index is -0.751. The summed E-state index contributed by atoms with van der Waals surface area (Å²) in [5.41, 5.74) is 1.15. The van der Waals surface area contributed by atoms with E-state index in [9.17, 15) is 4.79 Å². The molecule has 0 bridgehead atoms. The van der Waals surface area contributed by atoms with E-state index in [2.05, 4.69) is 11.8 Å². The summed E-state index contributed by atoms with van der Waals surface area (Å²) >= 11 is 0. The molecule has 106 valence electrons. The van der Waals surface area contributed by atoms with E-state index in [0.29, 0.717) is 6.54 Å². The summed E-state index contributed by atoms with van der Waals surface area (Å²) in [4.78, 5) is 12.7. The van der Waals surface area contributed by atoms with Gasteiger partial charge in [0, 0.05) is 13.1 Å². The topological polar surface area (TPSA) is 49.8 Å². The number of carbonyl (C=O) groups is 1. The summed E-state index contributed by atoms with van der Waals surface area (Å²) < 4.78 is 5.60. The first-order valence-electron chi connectivity index (χ1n) is 6.81. The van der Waals surface area contributed by atoms with Gasteiger partial charge in [0.05, 0.1) is 13.0 Å². The Balaban J connectivity index is 2.55. The van der Waals surface area contributed by atoms with E-state index in [4.69, 9.17) is 9.84 Å². The minimum Gasteiger partial charge on any atom is -0.494 e. The molecule has 0 saturated heterocycles. The van der Waals surface area contributed by atoms with Gasteiger partial charge in [-0.15, -0.1) is 0 Å². The van der Waals surface area contributed by atoms with Crippen LogP contribution in [0.1, 0.15) is 32.3 Å². The van der Waals surface area contributed by atoms with Crippen molar-refractivity contribution in [3.05, 3.63) is 29.8 Å². The zero-order valence-corrected chi connectivity index (χ0v) is 11.8. The van der Waals surface area contributed by atoms with Crippen LogP contribution in [-0.4, -0.2) is 35.7 Å². The minimum absolute atomic E-state index is 0.180. The normalized spacial score (nSPS) is 10.7.